The Balaban J connectivity index is 1.68. The van der Waals surface area contributed by atoms with E-state index in [-0.39, 0.29) is 6.61 Å². The van der Waals surface area contributed by atoms with Gasteiger partial charge in [-0.2, -0.15) is 0 Å². The third kappa shape index (κ3) is 4.89. The van der Waals surface area contributed by atoms with Crippen LogP contribution in [0.1, 0.15) is 18.5 Å². The van der Waals surface area contributed by atoms with Crippen LogP contribution in [0.15, 0.2) is 47.5 Å². The van der Waals surface area contributed by atoms with E-state index in [1.807, 2.05) is 23.1 Å². The Hall–Kier alpha value is -3.95. The molecule has 1 saturated heterocycles. The van der Waals surface area contributed by atoms with Gasteiger partial charge in [-0.3, -0.25) is 14.9 Å². The number of guanidine groups is 1. The first-order chi connectivity index (χ1) is 17.5. The molecule has 0 bridgehead atoms. The maximum Gasteiger partial charge on any atom is 0.321 e. The van der Waals surface area contributed by atoms with Crippen molar-refractivity contribution in [3.63, 3.8) is 0 Å². The van der Waals surface area contributed by atoms with Crippen LogP contribution in [0.5, 0.6) is 17.2 Å². The fourth-order valence-electron chi connectivity index (χ4n) is 4.62. The van der Waals surface area contributed by atoms with Crippen LogP contribution in [-0.4, -0.2) is 76.9 Å². The molecule has 1 amide bonds. The highest BCUT2D eigenvalue weighted by Crippen LogP contribution is 2.45. The number of nitrogens with zero attached hydrogens (tertiary/aromatic N) is 3. The Morgan fingerprint density at radius 2 is 1.61 bits per heavy atom. The highest BCUT2D eigenvalue weighted by molar-refractivity contribution is 6.08. The second-order valence-electron chi connectivity index (χ2n) is 8.35. The summed E-state index contributed by atoms with van der Waals surface area (Å²) in [6.45, 7) is 4.71. The molecule has 0 aromatic heterocycles. The van der Waals surface area contributed by atoms with Gasteiger partial charge >= 0.3 is 5.97 Å². The number of benzene rings is 2. The fourth-order valence-corrected chi connectivity index (χ4v) is 4.62. The van der Waals surface area contributed by atoms with Crippen molar-refractivity contribution < 1.29 is 28.5 Å². The van der Waals surface area contributed by atoms with Crippen LogP contribution in [-0.2, 0) is 14.3 Å². The van der Waals surface area contributed by atoms with Gasteiger partial charge in [-0.1, -0.05) is 18.2 Å². The van der Waals surface area contributed by atoms with Crippen molar-refractivity contribution in [1.82, 2.24) is 10.2 Å². The van der Waals surface area contributed by atoms with Crippen molar-refractivity contribution in [2.45, 2.75) is 13.0 Å². The first-order valence-corrected chi connectivity index (χ1v) is 11.9. The van der Waals surface area contributed by atoms with Gasteiger partial charge in [0.25, 0.3) is 0 Å². The maximum atomic E-state index is 13.3. The minimum absolute atomic E-state index is 0.149. The molecule has 10 nitrogen and oxygen atoms in total. The number of anilines is 1. The molecular weight excluding hydrogens is 464 g/mol. The molecule has 0 radical (unpaired) electrons. The molecule has 36 heavy (non-hydrogen) atoms. The highest BCUT2D eigenvalue weighted by atomic mass is 16.5. The Labute approximate surface area is 210 Å². The molecular formula is C26H32N4O6. The van der Waals surface area contributed by atoms with Crippen LogP contribution in [0.2, 0.25) is 0 Å². The van der Waals surface area contributed by atoms with Crippen molar-refractivity contribution in [2.75, 3.05) is 59.0 Å². The number of nitrogens with one attached hydrogen (secondary N) is 1. The molecule has 0 saturated carbocycles. The van der Waals surface area contributed by atoms with Gasteiger partial charge in [0.1, 0.15) is 6.04 Å². The van der Waals surface area contributed by atoms with Crippen LogP contribution in [0, 0.1) is 5.92 Å². The summed E-state index contributed by atoms with van der Waals surface area (Å²) in [7, 11) is 4.52. The molecule has 2 unspecified atom stereocenters. The molecule has 4 rings (SSSR count). The normalized spacial score (nSPS) is 19.8. The van der Waals surface area contributed by atoms with Gasteiger partial charge in [0.05, 0.1) is 27.9 Å². The average Bonchev–Trinajstić information content (AvgIpc) is 2.92. The quantitative estimate of drug-likeness (QED) is 0.460. The zero-order chi connectivity index (χ0) is 25.7. The van der Waals surface area contributed by atoms with Crippen molar-refractivity contribution in [2.24, 2.45) is 10.9 Å². The third-order valence-electron chi connectivity index (χ3n) is 6.39. The van der Waals surface area contributed by atoms with E-state index in [0.29, 0.717) is 41.9 Å². The summed E-state index contributed by atoms with van der Waals surface area (Å²) >= 11 is 0. The molecule has 2 aromatic carbocycles. The number of carbonyl (C=O) groups excluding carboxylic acids is 2. The summed E-state index contributed by atoms with van der Waals surface area (Å²) in [5, 5.41) is 2.84. The number of para-hydroxylation sites is 1. The SMILES string of the molecule is CCOC(=O)C1C(=O)NC(N2CCN(c3ccccc3)CC2)=NC1c1ccc(OC)c(OC)c1OC. The van der Waals surface area contributed by atoms with E-state index < -0.39 is 23.8 Å². The molecule has 0 spiro atoms. The summed E-state index contributed by atoms with van der Waals surface area (Å²) in [5.41, 5.74) is 1.69. The van der Waals surface area contributed by atoms with Gasteiger partial charge in [-0.25, -0.2) is 4.99 Å². The number of methoxy groups -OCH3 is 3. The second-order valence-corrected chi connectivity index (χ2v) is 8.35. The molecule has 2 heterocycles. The Morgan fingerprint density at radius 1 is 0.944 bits per heavy atom. The smallest absolute Gasteiger partial charge is 0.321 e. The monoisotopic (exact) mass is 496 g/mol. The van der Waals surface area contributed by atoms with Gasteiger partial charge in [-0.05, 0) is 31.2 Å². The Morgan fingerprint density at radius 3 is 2.22 bits per heavy atom. The summed E-state index contributed by atoms with van der Waals surface area (Å²) < 4.78 is 21.8. The lowest BCUT2D eigenvalue weighted by Crippen LogP contribution is -2.57. The van der Waals surface area contributed by atoms with E-state index in [1.165, 1.54) is 21.3 Å². The molecule has 10 heteroatoms. The number of hydrogen-bond donors (Lipinski definition) is 1. The lowest BCUT2D eigenvalue weighted by atomic mass is 9.90. The van der Waals surface area contributed by atoms with Gasteiger partial charge in [-0.15, -0.1) is 0 Å². The zero-order valence-electron chi connectivity index (χ0n) is 21.0. The van der Waals surface area contributed by atoms with Gasteiger partial charge < -0.3 is 28.7 Å². The van der Waals surface area contributed by atoms with Crippen LogP contribution in [0.25, 0.3) is 0 Å². The number of piperazine rings is 1. The van der Waals surface area contributed by atoms with Crippen LogP contribution in [0.3, 0.4) is 0 Å². The predicted molar refractivity (Wildman–Crippen MR) is 135 cm³/mol. The van der Waals surface area contributed by atoms with Crippen LogP contribution < -0.4 is 24.4 Å². The van der Waals surface area contributed by atoms with E-state index in [4.69, 9.17) is 23.9 Å². The minimum Gasteiger partial charge on any atom is -0.493 e. The average molecular weight is 497 g/mol. The predicted octanol–water partition coefficient (Wildman–Crippen LogP) is 2.24. The van der Waals surface area contributed by atoms with Crippen molar-refractivity contribution in [3.05, 3.63) is 48.0 Å². The van der Waals surface area contributed by atoms with E-state index in [0.717, 1.165) is 18.8 Å². The highest BCUT2D eigenvalue weighted by Gasteiger charge is 2.44. The molecule has 2 aliphatic heterocycles. The number of amides is 1. The topological polar surface area (TPSA) is 102 Å². The zero-order valence-corrected chi connectivity index (χ0v) is 21.0. The van der Waals surface area contributed by atoms with E-state index >= 15 is 0 Å². The van der Waals surface area contributed by atoms with Gasteiger partial charge in [0.15, 0.2) is 17.4 Å². The standard InChI is InChI=1S/C26H32N4O6/c1-5-36-25(32)20-21(18-11-12-19(33-2)23(35-4)22(18)34-3)27-26(28-24(20)31)30-15-13-29(14-16-30)17-9-7-6-8-10-17/h6-12,20-21H,5,13-16H2,1-4H3,(H,27,28,31). The van der Waals surface area contributed by atoms with Crippen LogP contribution in [0.4, 0.5) is 5.69 Å². The summed E-state index contributed by atoms with van der Waals surface area (Å²) in [6, 6.07) is 12.8. The minimum atomic E-state index is -1.17. The van der Waals surface area contributed by atoms with E-state index in [2.05, 4.69) is 22.3 Å². The van der Waals surface area contributed by atoms with E-state index in [1.54, 1.807) is 19.1 Å². The Kier molecular flexibility index (Phi) is 7.82. The molecule has 2 aliphatic rings. The maximum absolute atomic E-state index is 13.3. The first-order valence-electron chi connectivity index (χ1n) is 11.9. The summed E-state index contributed by atoms with van der Waals surface area (Å²) in [4.78, 5) is 35.3. The number of carbonyl (C=O) groups is 2. The molecule has 2 aromatic rings. The molecule has 192 valence electrons. The second kappa shape index (κ2) is 11.2. The Bertz CT molecular complexity index is 1110. The lowest BCUT2D eigenvalue weighted by Gasteiger charge is -2.39. The number of aliphatic imine (C=N–C) groups is 1. The molecule has 2 atom stereocenters. The molecule has 1 N–H and O–H groups in total. The van der Waals surface area contributed by atoms with Gasteiger partial charge in [0.2, 0.25) is 17.6 Å². The number of hydrogen-bond acceptors (Lipinski definition) is 9. The van der Waals surface area contributed by atoms with Crippen molar-refractivity contribution in [1.29, 1.82) is 0 Å². The van der Waals surface area contributed by atoms with Crippen molar-refractivity contribution in [3.8, 4) is 17.2 Å². The number of rotatable bonds is 7. The molecule has 1 fully saturated rings. The van der Waals surface area contributed by atoms with Crippen molar-refractivity contribution >= 4 is 23.5 Å². The first kappa shape index (κ1) is 25.2. The van der Waals surface area contributed by atoms with E-state index in [9.17, 15) is 9.59 Å². The summed E-state index contributed by atoms with van der Waals surface area (Å²) in [5.74, 6) is -0.685. The van der Waals surface area contributed by atoms with Gasteiger partial charge in [0, 0.05) is 37.4 Å². The lowest BCUT2D eigenvalue weighted by molar-refractivity contribution is -0.153. The van der Waals surface area contributed by atoms with Crippen LogP contribution >= 0.6 is 0 Å². The summed E-state index contributed by atoms with van der Waals surface area (Å²) in [6.07, 6.45) is 0. The molecule has 0 aliphatic carbocycles. The largest absolute Gasteiger partial charge is 0.493 e. The number of esters is 1. The number of ether oxygens (including phenoxy) is 4. The third-order valence-corrected chi connectivity index (χ3v) is 6.39. The fraction of sp³-hybridized carbons (Fsp3) is 0.423.